The number of guanidine groups is 1. The van der Waals surface area contributed by atoms with Crippen molar-refractivity contribution in [3.8, 4) is 0 Å². The first-order valence-corrected chi connectivity index (χ1v) is 10.2. The predicted molar refractivity (Wildman–Crippen MR) is 112 cm³/mol. The molecule has 2 amide bonds. The Hall–Kier alpha value is -3.15. The third-order valence-corrected chi connectivity index (χ3v) is 6.02. The summed E-state index contributed by atoms with van der Waals surface area (Å²) in [6.45, 7) is 0. The standard InChI is InChI=1S/C23H26N4O2/c1-25-20(28)16-9-8-12-18(15-16)23(17-10-4-2-5-11-17)21(29)27(22(24)26-23)19-13-6-3-7-14-19/h2,4-5,8-12,15,19H,3,6-7,13-14H2,1H3,(H2,24,26)(H,25,28). The minimum absolute atomic E-state index is 0.0453. The monoisotopic (exact) mass is 390 g/mol. The van der Waals surface area contributed by atoms with Gasteiger partial charge in [-0.05, 0) is 36.1 Å². The van der Waals surface area contributed by atoms with Crippen LogP contribution in [0.25, 0.3) is 0 Å². The van der Waals surface area contributed by atoms with Gasteiger partial charge in [-0.15, -0.1) is 0 Å². The third kappa shape index (κ3) is 3.18. The lowest BCUT2D eigenvalue weighted by Gasteiger charge is -2.32. The van der Waals surface area contributed by atoms with Crippen LogP contribution in [0.5, 0.6) is 0 Å². The Labute approximate surface area is 170 Å². The molecular formula is C23H26N4O2. The molecule has 4 rings (SSSR count). The summed E-state index contributed by atoms with van der Waals surface area (Å²) < 4.78 is 0. The molecule has 6 nitrogen and oxygen atoms in total. The van der Waals surface area contributed by atoms with E-state index in [1.54, 1.807) is 30.1 Å². The maximum atomic E-state index is 13.9. The normalized spacial score (nSPS) is 22.4. The van der Waals surface area contributed by atoms with Crippen molar-refractivity contribution in [1.29, 1.82) is 5.41 Å². The van der Waals surface area contributed by atoms with Crippen molar-refractivity contribution >= 4 is 17.8 Å². The molecule has 0 spiro atoms. The summed E-state index contributed by atoms with van der Waals surface area (Å²) in [5, 5.41) is 14.5. The molecule has 1 aliphatic heterocycles. The summed E-state index contributed by atoms with van der Waals surface area (Å²) in [6.07, 6.45) is 5.16. The smallest absolute Gasteiger partial charge is 0.264 e. The SMILES string of the molecule is CNC(=O)c1cccc(C2(c3ccccc3)NC(=N)N(C3CCCCC3)C2=O)c1. The molecule has 1 aliphatic carbocycles. The fourth-order valence-corrected chi connectivity index (χ4v) is 4.55. The molecule has 1 saturated heterocycles. The zero-order valence-corrected chi connectivity index (χ0v) is 16.6. The first-order chi connectivity index (χ1) is 14.1. The van der Waals surface area contributed by atoms with E-state index in [0.717, 1.165) is 31.2 Å². The first-order valence-electron chi connectivity index (χ1n) is 10.2. The van der Waals surface area contributed by atoms with Gasteiger partial charge < -0.3 is 10.6 Å². The number of hydrogen-bond acceptors (Lipinski definition) is 3. The molecule has 2 aliphatic rings. The van der Waals surface area contributed by atoms with Gasteiger partial charge in [-0.3, -0.25) is 19.9 Å². The number of rotatable bonds is 4. The summed E-state index contributed by atoms with van der Waals surface area (Å²) in [6, 6.07) is 16.6. The van der Waals surface area contributed by atoms with E-state index < -0.39 is 5.54 Å². The minimum atomic E-state index is -1.21. The van der Waals surface area contributed by atoms with Crippen LogP contribution < -0.4 is 10.6 Å². The first kappa shape index (κ1) is 19.2. The quantitative estimate of drug-likeness (QED) is 0.750. The van der Waals surface area contributed by atoms with Crippen LogP contribution in [0.15, 0.2) is 54.6 Å². The van der Waals surface area contributed by atoms with Crippen LogP contribution in [0.4, 0.5) is 0 Å². The van der Waals surface area contributed by atoms with Crippen LogP contribution in [0, 0.1) is 5.41 Å². The van der Waals surface area contributed by atoms with Crippen molar-refractivity contribution in [3.63, 3.8) is 0 Å². The Balaban J connectivity index is 1.84. The van der Waals surface area contributed by atoms with Crippen LogP contribution >= 0.6 is 0 Å². The Morgan fingerprint density at radius 1 is 1.07 bits per heavy atom. The second kappa shape index (κ2) is 7.70. The van der Waals surface area contributed by atoms with E-state index in [1.807, 2.05) is 36.4 Å². The van der Waals surface area contributed by atoms with Gasteiger partial charge in [-0.2, -0.15) is 0 Å². The maximum Gasteiger partial charge on any atom is 0.264 e. The molecule has 2 fully saturated rings. The average molecular weight is 390 g/mol. The molecular weight excluding hydrogens is 364 g/mol. The van der Waals surface area contributed by atoms with Gasteiger partial charge in [0.05, 0.1) is 0 Å². The molecule has 1 heterocycles. The number of nitrogens with one attached hydrogen (secondary N) is 3. The zero-order valence-electron chi connectivity index (χ0n) is 16.6. The summed E-state index contributed by atoms with van der Waals surface area (Å²) in [5.41, 5.74) is 0.706. The second-order valence-corrected chi connectivity index (χ2v) is 7.72. The third-order valence-electron chi connectivity index (χ3n) is 6.02. The van der Waals surface area contributed by atoms with Gasteiger partial charge in [-0.25, -0.2) is 0 Å². The van der Waals surface area contributed by atoms with Gasteiger partial charge in [-0.1, -0.05) is 61.7 Å². The van der Waals surface area contributed by atoms with Gasteiger partial charge in [0.25, 0.3) is 11.8 Å². The van der Waals surface area contributed by atoms with E-state index in [0.29, 0.717) is 11.1 Å². The Morgan fingerprint density at radius 2 is 1.76 bits per heavy atom. The molecule has 3 N–H and O–H groups in total. The molecule has 29 heavy (non-hydrogen) atoms. The minimum Gasteiger partial charge on any atom is -0.355 e. The lowest BCUT2D eigenvalue weighted by atomic mass is 9.81. The van der Waals surface area contributed by atoms with Gasteiger partial charge in [0.2, 0.25) is 0 Å². The Morgan fingerprint density at radius 3 is 2.45 bits per heavy atom. The molecule has 1 saturated carbocycles. The number of amides is 2. The summed E-state index contributed by atoms with van der Waals surface area (Å²) in [5.74, 6) is -0.217. The summed E-state index contributed by atoms with van der Waals surface area (Å²) in [4.78, 5) is 27.8. The van der Waals surface area contributed by atoms with Gasteiger partial charge >= 0.3 is 0 Å². The van der Waals surface area contributed by atoms with Crippen LogP contribution in [0.3, 0.4) is 0 Å². The molecule has 150 valence electrons. The number of carbonyl (C=O) groups excluding carboxylic acids is 2. The number of benzene rings is 2. The number of hydrogen-bond donors (Lipinski definition) is 3. The Kier molecular flexibility index (Phi) is 5.09. The lowest BCUT2D eigenvalue weighted by Crippen LogP contribution is -2.46. The molecule has 1 atom stereocenters. The fourth-order valence-electron chi connectivity index (χ4n) is 4.55. The highest BCUT2D eigenvalue weighted by molar-refractivity contribution is 6.11. The lowest BCUT2D eigenvalue weighted by molar-refractivity contribution is -0.131. The van der Waals surface area contributed by atoms with Gasteiger partial charge in [0, 0.05) is 18.7 Å². The van der Waals surface area contributed by atoms with Crippen molar-refractivity contribution in [2.24, 2.45) is 0 Å². The molecule has 2 aromatic carbocycles. The topological polar surface area (TPSA) is 85.3 Å². The molecule has 0 bridgehead atoms. The van der Waals surface area contributed by atoms with Gasteiger partial charge in [0.15, 0.2) is 11.5 Å². The van der Waals surface area contributed by atoms with E-state index in [4.69, 9.17) is 5.41 Å². The molecule has 0 radical (unpaired) electrons. The average Bonchev–Trinajstić information content (AvgIpc) is 3.05. The molecule has 2 aromatic rings. The van der Waals surface area contributed by atoms with Crippen LogP contribution in [0.1, 0.15) is 53.6 Å². The van der Waals surface area contributed by atoms with Crippen molar-refractivity contribution in [2.75, 3.05) is 7.05 Å². The van der Waals surface area contributed by atoms with Crippen molar-refractivity contribution < 1.29 is 9.59 Å². The largest absolute Gasteiger partial charge is 0.355 e. The second-order valence-electron chi connectivity index (χ2n) is 7.72. The van der Waals surface area contributed by atoms with Gasteiger partial charge in [0.1, 0.15) is 0 Å². The van der Waals surface area contributed by atoms with E-state index in [2.05, 4.69) is 10.6 Å². The Bertz CT molecular complexity index is 937. The number of nitrogens with zero attached hydrogens (tertiary/aromatic N) is 1. The highest BCUT2D eigenvalue weighted by Gasteiger charge is 2.54. The van der Waals surface area contributed by atoms with E-state index in [1.165, 1.54) is 6.42 Å². The van der Waals surface area contributed by atoms with Crippen LogP contribution in [0.2, 0.25) is 0 Å². The predicted octanol–water partition coefficient (Wildman–Crippen LogP) is 2.99. The molecule has 0 aromatic heterocycles. The van der Waals surface area contributed by atoms with E-state index in [9.17, 15) is 9.59 Å². The van der Waals surface area contributed by atoms with Crippen LogP contribution in [-0.4, -0.2) is 35.8 Å². The molecule has 1 unspecified atom stereocenters. The van der Waals surface area contributed by atoms with Crippen molar-refractivity contribution in [2.45, 2.75) is 43.7 Å². The maximum absolute atomic E-state index is 13.9. The zero-order chi connectivity index (χ0) is 20.4. The van der Waals surface area contributed by atoms with E-state index >= 15 is 0 Å². The molecule has 6 heteroatoms. The fraction of sp³-hybridized carbons (Fsp3) is 0.348. The van der Waals surface area contributed by atoms with Crippen LogP contribution in [-0.2, 0) is 10.3 Å². The summed E-state index contributed by atoms with van der Waals surface area (Å²) >= 11 is 0. The van der Waals surface area contributed by atoms with Crippen molar-refractivity contribution in [3.05, 3.63) is 71.3 Å². The summed E-state index contributed by atoms with van der Waals surface area (Å²) in [7, 11) is 1.58. The highest BCUT2D eigenvalue weighted by atomic mass is 16.2. The van der Waals surface area contributed by atoms with Crippen molar-refractivity contribution in [1.82, 2.24) is 15.5 Å². The van der Waals surface area contributed by atoms with E-state index in [-0.39, 0.29) is 23.8 Å². The highest BCUT2D eigenvalue weighted by Crippen LogP contribution is 2.38. The number of carbonyl (C=O) groups is 2.